The molecular weight excluding hydrogens is 206 g/mol. The molecule has 0 bridgehead atoms. The summed E-state index contributed by atoms with van der Waals surface area (Å²) in [5, 5.41) is 0. The second-order valence-corrected chi connectivity index (χ2v) is 6.80. The summed E-state index contributed by atoms with van der Waals surface area (Å²) in [5.74, 6) is 1.11. The van der Waals surface area contributed by atoms with Crippen molar-refractivity contribution >= 4 is 0 Å². The topological polar surface area (TPSA) is 4.36 Å². The summed E-state index contributed by atoms with van der Waals surface area (Å²) >= 11 is 0. The van der Waals surface area contributed by atoms with Gasteiger partial charge in [-0.1, -0.05) is 25.5 Å². The van der Waals surface area contributed by atoms with E-state index in [1.165, 1.54) is 37.7 Å². The van der Waals surface area contributed by atoms with Gasteiger partial charge in [0.25, 0.3) is 0 Å². The SMILES string of the molecule is [C-]#[N+][C@]1(C)CCC[C@]2(C)CCC[C@H](C(=C)C)[C@H]21. The van der Waals surface area contributed by atoms with Crippen LogP contribution in [0.15, 0.2) is 12.2 Å². The van der Waals surface area contributed by atoms with E-state index in [4.69, 9.17) is 6.57 Å². The van der Waals surface area contributed by atoms with Crippen molar-refractivity contribution < 1.29 is 0 Å². The van der Waals surface area contributed by atoms with E-state index >= 15 is 0 Å². The Morgan fingerprint density at radius 1 is 1.24 bits per heavy atom. The Labute approximate surface area is 106 Å². The van der Waals surface area contributed by atoms with Crippen LogP contribution >= 0.6 is 0 Å². The van der Waals surface area contributed by atoms with Gasteiger partial charge in [-0.25, -0.2) is 6.57 Å². The monoisotopic (exact) mass is 231 g/mol. The lowest BCUT2D eigenvalue weighted by atomic mass is 9.50. The minimum atomic E-state index is -0.142. The molecule has 0 aliphatic heterocycles. The Balaban J connectivity index is 2.42. The highest BCUT2D eigenvalue weighted by molar-refractivity contribution is 5.17. The first-order valence-corrected chi connectivity index (χ1v) is 6.97. The Morgan fingerprint density at radius 3 is 2.47 bits per heavy atom. The zero-order valence-electron chi connectivity index (χ0n) is 11.6. The van der Waals surface area contributed by atoms with Crippen molar-refractivity contribution in [3.63, 3.8) is 0 Å². The number of fused-ring (bicyclic) bond motifs is 1. The molecule has 0 aromatic heterocycles. The lowest BCUT2D eigenvalue weighted by molar-refractivity contribution is -0.00932. The number of hydrogen-bond acceptors (Lipinski definition) is 0. The summed E-state index contributed by atoms with van der Waals surface area (Å²) in [4.78, 5) is 4.05. The summed E-state index contributed by atoms with van der Waals surface area (Å²) in [6, 6.07) is 0. The van der Waals surface area contributed by atoms with Crippen LogP contribution < -0.4 is 0 Å². The Kier molecular flexibility index (Phi) is 3.10. The predicted molar refractivity (Wildman–Crippen MR) is 72.6 cm³/mol. The molecule has 0 unspecified atom stereocenters. The van der Waals surface area contributed by atoms with Crippen molar-refractivity contribution in [1.29, 1.82) is 0 Å². The fourth-order valence-electron chi connectivity index (χ4n) is 4.66. The van der Waals surface area contributed by atoms with Crippen molar-refractivity contribution in [3.05, 3.63) is 23.6 Å². The Hall–Kier alpha value is -0.770. The van der Waals surface area contributed by atoms with Gasteiger partial charge in [0.05, 0.1) is 0 Å². The fourth-order valence-corrected chi connectivity index (χ4v) is 4.66. The summed E-state index contributed by atoms with van der Waals surface area (Å²) in [6.07, 6.45) is 7.51. The molecule has 0 N–H and O–H groups in total. The van der Waals surface area contributed by atoms with Crippen LogP contribution in [0.2, 0.25) is 0 Å². The minimum absolute atomic E-state index is 0.142. The summed E-state index contributed by atoms with van der Waals surface area (Å²) in [7, 11) is 0. The molecule has 1 heteroatoms. The summed E-state index contributed by atoms with van der Waals surface area (Å²) in [5.41, 5.74) is 1.55. The largest absolute Gasteiger partial charge is 0.310 e. The first-order chi connectivity index (χ1) is 7.93. The first-order valence-electron chi connectivity index (χ1n) is 6.97. The van der Waals surface area contributed by atoms with Crippen LogP contribution in [0.4, 0.5) is 0 Å². The van der Waals surface area contributed by atoms with Crippen LogP contribution in [0.25, 0.3) is 4.85 Å². The van der Waals surface area contributed by atoms with Gasteiger partial charge in [0, 0.05) is 19.3 Å². The number of rotatable bonds is 1. The van der Waals surface area contributed by atoms with Gasteiger partial charge in [-0.05, 0) is 43.9 Å². The quantitative estimate of drug-likeness (QED) is 0.449. The molecular formula is C16H25N. The van der Waals surface area contributed by atoms with Crippen molar-refractivity contribution in [2.45, 2.75) is 64.8 Å². The highest BCUT2D eigenvalue weighted by atomic mass is 14.8. The third kappa shape index (κ3) is 1.92. The third-order valence-corrected chi connectivity index (χ3v) is 5.41. The lowest BCUT2D eigenvalue weighted by Crippen LogP contribution is -2.52. The molecule has 0 amide bonds. The van der Waals surface area contributed by atoms with Crippen LogP contribution in [-0.2, 0) is 0 Å². The Morgan fingerprint density at radius 2 is 1.88 bits per heavy atom. The first kappa shape index (κ1) is 12.7. The smallest absolute Gasteiger partial charge is 0.233 e. The molecule has 0 aromatic carbocycles. The van der Waals surface area contributed by atoms with Gasteiger partial charge >= 0.3 is 0 Å². The van der Waals surface area contributed by atoms with Crippen molar-refractivity contribution in [3.8, 4) is 0 Å². The van der Waals surface area contributed by atoms with E-state index in [1.807, 2.05) is 0 Å². The molecule has 2 rings (SSSR count). The molecule has 0 radical (unpaired) electrons. The van der Waals surface area contributed by atoms with Gasteiger partial charge in [-0.15, -0.1) is 0 Å². The van der Waals surface area contributed by atoms with Crippen LogP contribution in [0, 0.1) is 23.8 Å². The van der Waals surface area contributed by atoms with E-state index < -0.39 is 0 Å². The normalized spacial score (nSPS) is 45.8. The van der Waals surface area contributed by atoms with Crippen LogP contribution in [-0.4, -0.2) is 5.54 Å². The van der Waals surface area contributed by atoms with E-state index in [0.29, 0.717) is 17.3 Å². The second kappa shape index (κ2) is 4.16. The van der Waals surface area contributed by atoms with E-state index in [-0.39, 0.29) is 5.54 Å². The standard InChI is InChI=1S/C16H25N/c1-12(2)13-8-6-9-15(3)10-7-11-16(4,17-5)14(13)15/h13-14H,1,6-11H2,2-4H3/t13-,14-,15+,16-/m1/s1. The predicted octanol–water partition coefficient (Wildman–Crippen LogP) is 4.85. The maximum atomic E-state index is 7.63. The van der Waals surface area contributed by atoms with Crippen molar-refractivity contribution in [2.75, 3.05) is 0 Å². The zero-order chi connectivity index (χ0) is 12.7. The average Bonchev–Trinajstić information content (AvgIpc) is 2.27. The molecule has 4 atom stereocenters. The van der Waals surface area contributed by atoms with Gasteiger partial charge < -0.3 is 4.85 Å². The zero-order valence-corrected chi connectivity index (χ0v) is 11.6. The Bertz CT molecular complexity index is 360. The maximum Gasteiger partial charge on any atom is 0.233 e. The van der Waals surface area contributed by atoms with Crippen LogP contribution in [0.1, 0.15) is 59.3 Å². The maximum absolute atomic E-state index is 7.63. The molecule has 17 heavy (non-hydrogen) atoms. The third-order valence-electron chi connectivity index (χ3n) is 5.41. The van der Waals surface area contributed by atoms with Gasteiger partial charge in [-0.3, -0.25) is 0 Å². The van der Waals surface area contributed by atoms with E-state index in [0.717, 1.165) is 6.42 Å². The molecule has 94 valence electrons. The summed E-state index contributed by atoms with van der Waals surface area (Å²) in [6.45, 7) is 18.6. The summed E-state index contributed by atoms with van der Waals surface area (Å²) < 4.78 is 0. The molecule has 0 heterocycles. The van der Waals surface area contributed by atoms with E-state index in [2.05, 4.69) is 32.2 Å². The molecule has 0 spiro atoms. The fraction of sp³-hybridized carbons (Fsp3) is 0.812. The number of allylic oxidation sites excluding steroid dienone is 1. The molecule has 1 nitrogen and oxygen atoms in total. The molecule has 0 aromatic rings. The molecule has 2 aliphatic rings. The molecule has 2 aliphatic carbocycles. The average molecular weight is 231 g/mol. The number of hydrogen-bond donors (Lipinski definition) is 0. The van der Waals surface area contributed by atoms with E-state index in [1.54, 1.807) is 0 Å². The van der Waals surface area contributed by atoms with Crippen LogP contribution in [0.3, 0.4) is 0 Å². The molecule has 0 saturated heterocycles. The second-order valence-electron chi connectivity index (χ2n) is 6.80. The molecule has 2 saturated carbocycles. The van der Waals surface area contributed by atoms with Crippen LogP contribution in [0.5, 0.6) is 0 Å². The van der Waals surface area contributed by atoms with E-state index in [9.17, 15) is 0 Å². The molecule has 2 fully saturated rings. The van der Waals surface area contributed by atoms with Crippen molar-refractivity contribution in [2.24, 2.45) is 17.3 Å². The van der Waals surface area contributed by atoms with Gasteiger partial charge in [0.15, 0.2) is 0 Å². The highest BCUT2D eigenvalue weighted by Crippen LogP contribution is 2.58. The van der Waals surface area contributed by atoms with Gasteiger partial charge in [-0.2, -0.15) is 0 Å². The van der Waals surface area contributed by atoms with Gasteiger partial charge in [0.2, 0.25) is 5.54 Å². The van der Waals surface area contributed by atoms with Gasteiger partial charge in [0.1, 0.15) is 0 Å². The minimum Gasteiger partial charge on any atom is -0.310 e. The highest BCUT2D eigenvalue weighted by Gasteiger charge is 2.57. The number of nitrogens with zero attached hydrogens (tertiary/aromatic N) is 1. The lowest BCUT2D eigenvalue weighted by Gasteiger charge is -2.52. The van der Waals surface area contributed by atoms with Crippen molar-refractivity contribution in [1.82, 2.24) is 0 Å².